The van der Waals surface area contributed by atoms with Crippen molar-refractivity contribution in [1.82, 2.24) is 20.3 Å². The second-order valence-electron chi connectivity index (χ2n) is 9.22. The number of likely N-dealkylation sites (N-methyl/N-ethyl adjacent to an activating group) is 1. The second kappa shape index (κ2) is 13.9. The van der Waals surface area contributed by atoms with Gasteiger partial charge < -0.3 is 25.8 Å². The van der Waals surface area contributed by atoms with Crippen molar-refractivity contribution < 1.29 is 45.8 Å². The average Bonchev–Trinajstić information content (AvgIpc) is 2.89. The Morgan fingerprint density at radius 3 is 2.44 bits per heavy atom. The molecule has 4 N–H and O–H groups in total. The Labute approximate surface area is 224 Å². The number of nitrogens with zero attached hydrogens (tertiary/aromatic N) is 1. The van der Waals surface area contributed by atoms with E-state index in [0.29, 0.717) is 12.8 Å². The third-order valence-electron chi connectivity index (χ3n) is 6.16. The number of nitrogens with one attached hydrogen (secondary N) is 3. The Kier molecular flexibility index (Phi) is 11.5. The largest absolute Gasteiger partial charge is 0.490 e. The number of halogens is 3. The summed E-state index contributed by atoms with van der Waals surface area (Å²) in [4.78, 5) is 34.7. The summed E-state index contributed by atoms with van der Waals surface area (Å²) in [6.07, 6.45) is -0.282. The average molecular weight is 579 g/mol. The third-order valence-corrected chi connectivity index (χ3v) is 7.98. The predicted molar refractivity (Wildman–Crippen MR) is 134 cm³/mol. The van der Waals surface area contributed by atoms with Crippen LogP contribution in [-0.4, -0.2) is 94.3 Å². The highest BCUT2D eigenvalue weighted by atomic mass is 32.2. The number of amides is 2. The van der Waals surface area contributed by atoms with Crippen LogP contribution >= 0.6 is 0 Å². The first-order valence-corrected chi connectivity index (χ1v) is 13.5. The van der Waals surface area contributed by atoms with Gasteiger partial charge >= 0.3 is 12.1 Å². The maximum atomic E-state index is 13.0. The van der Waals surface area contributed by atoms with Gasteiger partial charge in [-0.2, -0.15) is 17.5 Å². The highest BCUT2D eigenvalue weighted by Gasteiger charge is 2.40. The Morgan fingerprint density at radius 1 is 1.18 bits per heavy atom. The molecule has 2 heterocycles. The Hall–Kier alpha value is -3.01. The fourth-order valence-corrected chi connectivity index (χ4v) is 4.99. The van der Waals surface area contributed by atoms with Crippen molar-refractivity contribution in [2.75, 3.05) is 46.4 Å². The Bertz CT molecular complexity index is 1150. The number of rotatable bonds is 0. The number of piperidine rings is 1. The number of alkyl halides is 3. The van der Waals surface area contributed by atoms with Crippen LogP contribution in [0.1, 0.15) is 30.1 Å². The highest BCUT2D eigenvalue weighted by molar-refractivity contribution is 7.89. The molecule has 0 aromatic heterocycles. The molecule has 11 nitrogen and oxygen atoms in total. The summed E-state index contributed by atoms with van der Waals surface area (Å²) < 4.78 is 64.5. The Morgan fingerprint density at radius 2 is 1.82 bits per heavy atom. The lowest BCUT2D eigenvalue weighted by molar-refractivity contribution is -0.192. The van der Waals surface area contributed by atoms with Crippen molar-refractivity contribution in [2.24, 2.45) is 5.41 Å². The van der Waals surface area contributed by atoms with E-state index in [4.69, 9.17) is 14.6 Å². The molecule has 2 bridgehead atoms. The van der Waals surface area contributed by atoms with Crippen molar-refractivity contribution in [3.63, 3.8) is 0 Å². The molecular weight excluding hydrogens is 545 g/mol. The van der Waals surface area contributed by atoms with Crippen LogP contribution in [0, 0.1) is 5.41 Å². The number of hydrogen-bond donors (Lipinski definition) is 4. The fourth-order valence-electron chi connectivity index (χ4n) is 3.82. The first kappa shape index (κ1) is 32.2. The molecule has 2 aliphatic heterocycles. The van der Waals surface area contributed by atoms with Gasteiger partial charge in [0.1, 0.15) is 0 Å². The van der Waals surface area contributed by atoms with Gasteiger partial charge in [-0.15, -0.1) is 0 Å². The maximum Gasteiger partial charge on any atom is 0.490 e. The van der Waals surface area contributed by atoms with E-state index >= 15 is 0 Å². The van der Waals surface area contributed by atoms with Gasteiger partial charge in [-0.25, -0.2) is 13.2 Å². The summed E-state index contributed by atoms with van der Waals surface area (Å²) in [5.74, 6) is -3.22. The number of ether oxygens (including phenoxy) is 1. The Balaban J connectivity index is 0.000000673. The van der Waals surface area contributed by atoms with Crippen LogP contribution in [0.3, 0.4) is 0 Å². The molecule has 1 fully saturated rings. The summed E-state index contributed by atoms with van der Waals surface area (Å²) in [5, 5.41) is 16.2. The molecule has 1 saturated heterocycles. The summed E-state index contributed by atoms with van der Waals surface area (Å²) >= 11 is 0. The number of carboxylic acids is 1. The number of fused-ring (bicyclic) bond motifs is 2. The lowest BCUT2D eigenvalue weighted by Gasteiger charge is -2.36. The third kappa shape index (κ3) is 9.30. The van der Waals surface area contributed by atoms with Gasteiger partial charge in [0.2, 0.25) is 15.9 Å². The SMILES string of the molecule is C[C@@H]1CNC(=O)C2(CCNCC2)COC/C=C\CN(C)S(=O)(=O)c2cccc(c2)C(=O)N1.O=C(O)C(F)(F)F. The number of sulfonamides is 1. The standard InChI is InChI=1S/C22H32N4O5S.C2HF3O2/c1-17-15-24-21(28)22(8-10-23-11-9-22)16-31-13-4-3-12-26(2)32(29,30)19-7-5-6-18(14-19)20(27)25-17;3-2(4,5)1(6)7/h3-7,14,17,23H,8-13,15-16H2,1-2H3,(H,24,28)(H,25,27);(H,6,7)/b4-3-;/t17-;/m1./s1. The normalized spacial score (nSPS) is 23.7. The summed E-state index contributed by atoms with van der Waals surface area (Å²) in [6.45, 7) is 4.26. The van der Waals surface area contributed by atoms with Gasteiger partial charge in [0, 0.05) is 31.7 Å². The lowest BCUT2D eigenvalue weighted by Crippen LogP contribution is -2.52. The van der Waals surface area contributed by atoms with Crippen molar-refractivity contribution in [2.45, 2.75) is 36.9 Å². The smallest absolute Gasteiger partial charge is 0.475 e. The number of carboxylic acid groups (broad SMARTS) is 1. The van der Waals surface area contributed by atoms with Gasteiger partial charge in [0.05, 0.1) is 23.5 Å². The lowest BCUT2D eigenvalue weighted by atomic mass is 9.78. The summed E-state index contributed by atoms with van der Waals surface area (Å²) in [6, 6.07) is 5.61. The van der Waals surface area contributed by atoms with E-state index in [1.165, 1.54) is 23.5 Å². The van der Waals surface area contributed by atoms with Crippen molar-refractivity contribution in [3.05, 3.63) is 42.0 Å². The molecule has 2 aliphatic rings. The highest BCUT2D eigenvalue weighted by Crippen LogP contribution is 2.29. The zero-order valence-corrected chi connectivity index (χ0v) is 22.4. The van der Waals surface area contributed by atoms with Crippen LogP contribution in [0.15, 0.2) is 41.3 Å². The predicted octanol–water partition coefficient (Wildman–Crippen LogP) is 1.13. The van der Waals surface area contributed by atoms with Crippen LogP contribution in [0.25, 0.3) is 0 Å². The molecular formula is C24H33F3N4O7S. The zero-order chi connectivity index (χ0) is 29.3. The van der Waals surface area contributed by atoms with Crippen LogP contribution in [0.5, 0.6) is 0 Å². The topological polar surface area (TPSA) is 154 Å². The zero-order valence-electron chi connectivity index (χ0n) is 21.6. The molecule has 2 amide bonds. The van der Waals surface area contributed by atoms with Crippen molar-refractivity contribution in [1.29, 1.82) is 0 Å². The first-order valence-electron chi connectivity index (χ1n) is 12.1. The van der Waals surface area contributed by atoms with Gasteiger partial charge in [-0.05, 0) is 51.1 Å². The van der Waals surface area contributed by atoms with E-state index in [1.807, 2.05) is 0 Å². The first-order chi connectivity index (χ1) is 18.2. The van der Waals surface area contributed by atoms with Crippen LogP contribution in [-0.2, 0) is 24.3 Å². The fraction of sp³-hybridized carbons (Fsp3) is 0.542. The number of aliphatic carboxylic acids is 1. The quantitative estimate of drug-likeness (QED) is 0.334. The van der Waals surface area contributed by atoms with E-state index in [2.05, 4.69) is 16.0 Å². The number of hydrogen-bond acceptors (Lipinski definition) is 7. The minimum absolute atomic E-state index is 0.0484. The van der Waals surface area contributed by atoms with Crippen LogP contribution < -0.4 is 16.0 Å². The van der Waals surface area contributed by atoms with Gasteiger partial charge in [0.25, 0.3) is 5.91 Å². The maximum absolute atomic E-state index is 13.0. The molecule has 0 radical (unpaired) electrons. The molecule has 39 heavy (non-hydrogen) atoms. The molecule has 3 rings (SSSR count). The van der Waals surface area contributed by atoms with E-state index in [1.54, 1.807) is 31.2 Å². The molecule has 0 unspecified atom stereocenters. The van der Waals surface area contributed by atoms with Crippen LogP contribution in [0.4, 0.5) is 13.2 Å². The summed E-state index contributed by atoms with van der Waals surface area (Å²) in [5.41, 5.74) is -0.375. The minimum Gasteiger partial charge on any atom is -0.475 e. The van der Waals surface area contributed by atoms with E-state index in [0.717, 1.165) is 13.1 Å². The van der Waals surface area contributed by atoms with Gasteiger partial charge in [-0.3, -0.25) is 9.59 Å². The van der Waals surface area contributed by atoms with E-state index in [-0.39, 0.29) is 48.7 Å². The van der Waals surface area contributed by atoms with Crippen LogP contribution in [0.2, 0.25) is 0 Å². The number of carbonyl (C=O) groups excluding carboxylic acids is 2. The molecule has 1 aromatic rings. The molecule has 15 heteroatoms. The molecule has 1 spiro atoms. The van der Waals surface area contributed by atoms with E-state index < -0.39 is 33.5 Å². The monoisotopic (exact) mass is 578 g/mol. The molecule has 0 saturated carbocycles. The minimum atomic E-state index is -5.08. The molecule has 218 valence electrons. The number of carbonyl (C=O) groups is 3. The summed E-state index contributed by atoms with van der Waals surface area (Å²) in [7, 11) is -2.26. The van der Waals surface area contributed by atoms with Gasteiger partial charge in [0.15, 0.2) is 0 Å². The second-order valence-corrected chi connectivity index (χ2v) is 11.3. The molecule has 1 aromatic carbocycles. The molecule has 1 atom stereocenters. The van der Waals surface area contributed by atoms with E-state index in [9.17, 15) is 31.2 Å². The molecule has 0 aliphatic carbocycles. The van der Waals surface area contributed by atoms with Crippen molar-refractivity contribution in [3.8, 4) is 0 Å². The van der Waals surface area contributed by atoms with Crippen molar-refractivity contribution >= 4 is 27.8 Å². The van der Waals surface area contributed by atoms with Gasteiger partial charge in [-0.1, -0.05) is 18.2 Å². The number of benzene rings is 1.